The number of aliphatic imine (C=N–C) groups is 1. The topological polar surface area (TPSA) is 12.4 Å². The van der Waals surface area contributed by atoms with Crippen LogP contribution in [0.4, 0.5) is 0 Å². The quantitative estimate of drug-likeness (QED) is 0.733. The van der Waals surface area contributed by atoms with E-state index in [0.29, 0.717) is 0 Å². The summed E-state index contributed by atoms with van der Waals surface area (Å²) in [5.41, 5.74) is 3.84. The minimum absolute atomic E-state index is 0.0520. The van der Waals surface area contributed by atoms with E-state index in [9.17, 15) is 0 Å². The largest absolute Gasteiger partial charge is 0.282 e. The SMILES string of the molecule is CC1(C/C=C/c2ccccc2)CCC(c2ccccc2)=N1. The Morgan fingerprint density at radius 1 is 1.00 bits per heavy atom. The molecule has 1 aliphatic rings. The molecule has 0 amide bonds. The van der Waals surface area contributed by atoms with Crippen LogP contribution < -0.4 is 0 Å². The van der Waals surface area contributed by atoms with E-state index >= 15 is 0 Å². The molecule has 1 heteroatoms. The Labute approximate surface area is 127 Å². The van der Waals surface area contributed by atoms with Crippen LogP contribution in [-0.4, -0.2) is 11.3 Å². The molecule has 2 aromatic carbocycles. The molecule has 0 aromatic heterocycles. The lowest BCUT2D eigenvalue weighted by Gasteiger charge is -2.17. The van der Waals surface area contributed by atoms with Crippen molar-refractivity contribution in [3.8, 4) is 0 Å². The summed E-state index contributed by atoms with van der Waals surface area (Å²) in [6, 6.07) is 21.0. The van der Waals surface area contributed by atoms with Gasteiger partial charge >= 0.3 is 0 Å². The molecule has 1 unspecified atom stereocenters. The second-order valence-electron chi connectivity index (χ2n) is 5.94. The first-order valence-electron chi connectivity index (χ1n) is 7.61. The third kappa shape index (κ3) is 3.49. The molecule has 3 rings (SSSR count). The molecule has 0 saturated heterocycles. The van der Waals surface area contributed by atoms with Crippen molar-refractivity contribution < 1.29 is 0 Å². The minimum atomic E-state index is 0.0520. The van der Waals surface area contributed by atoms with Crippen molar-refractivity contribution in [2.24, 2.45) is 4.99 Å². The predicted molar refractivity (Wildman–Crippen MR) is 90.7 cm³/mol. The molecule has 1 heterocycles. The van der Waals surface area contributed by atoms with E-state index in [1.807, 2.05) is 6.07 Å². The highest BCUT2D eigenvalue weighted by Crippen LogP contribution is 2.31. The Hall–Kier alpha value is -2.15. The Bertz CT molecular complexity index is 640. The van der Waals surface area contributed by atoms with Gasteiger partial charge in [-0.2, -0.15) is 0 Å². The van der Waals surface area contributed by atoms with Gasteiger partial charge in [-0.1, -0.05) is 72.8 Å². The molecule has 0 N–H and O–H groups in total. The van der Waals surface area contributed by atoms with E-state index in [4.69, 9.17) is 4.99 Å². The number of nitrogens with zero attached hydrogens (tertiary/aromatic N) is 1. The summed E-state index contributed by atoms with van der Waals surface area (Å²) in [7, 11) is 0. The van der Waals surface area contributed by atoms with Gasteiger partial charge in [-0.15, -0.1) is 0 Å². The van der Waals surface area contributed by atoms with Crippen LogP contribution >= 0.6 is 0 Å². The second-order valence-corrected chi connectivity index (χ2v) is 5.94. The molecule has 0 aliphatic carbocycles. The number of hydrogen-bond donors (Lipinski definition) is 0. The summed E-state index contributed by atoms with van der Waals surface area (Å²) >= 11 is 0. The summed E-state index contributed by atoms with van der Waals surface area (Å²) in [4.78, 5) is 4.99. The zero-order chi connectivity index (χ0) is 14.5. The van der Waals surface area contributed by atoms with E-state index in [2.05, 4.69) is 73.7 Å². The predicted octanol–water partition coefficient (Wildman–Crippen LogP) is 5.13. The molecule has 1 nitrogen and oxygen atoms in total. The van der Waals surface area contributed by atoms with Crippen LogP contribution in [0, 0.1) is 0 Å². The molecular formula is C20H21N. The van der Waals surface area contributed by atoms with Gasteiger partial charge in [0.1, 0.15) is 0 Å². The van der Waals surface area contributed by atoms with E-state index in [1.165, 1.54) is 16.8 Å². The van der Waals surface area contributed by atoms with Crippen molar-refractivity contribution in [2.45, 2.75) is 31.7 Å². The molecule has 2 aromatic rings. The fourth-order valence-corrected chi connectivity index (χ4v) is 2.83. The van der Waals surface area contributed by atoms with Crippen molar-refractivity contribution in [3.05, 3.63) is 77.9 Å². The third-order valence-electron chi connectivity index (χ3n) is 4.08. The van der Waals surface area contributed by atoms with Crippen LogP contribution in [-0.2, 0) is 0 Å². The number of hydrogen-bond acceptors (Lipinski definition) is 1. The molecule has 0 bridgehead atoms. The minimum Gasteiger partial charge on any atom is -0.282 e. The van der Waals surface area contributed by atoms with Gasteiger partial charge in [-0.3, -0.25) is 4.99 Å². The first kappa shape index (κ1) is 13.8. The van der Waals surface area contributed by atoms with Crippen molar-refractivity contribution in [1.82, 2.24) is 0 Å². The van der Waals surface area contributed by atoms with Gasteiger partial charge in [-0.25, -0.2) is 0 Å². The lowest BCUT2D eigenvalue weighted by atomic mass is 9.94. The van der Waals surface area contributed by atoms with Gasteiger partial charge in [0.05, 0.1) is 5.54 Å². The van der Waals surface area contributed by atoms with Gasteiger partial charge in [0.15, 0.2) is 0 Å². The molecule has 0 fully saturated rings. The van der Waals surface area contributed by atoms with Crippen LogP contribution in [0.1, 0.15) is 37.3 Å². The van der Waals surface area contributed by atoms with Crippen molar-refractivity contribution in [3.63, 3.8) is 0 Å². The highest BCUT2D eigenvalue weighted by atomic mass is 14.9. The number of rotatable bonds is 4. The van der Waals surface area contributed by atoms with Crippen LogP contribution in [0.15, 0.2) is 71.7 Å². The van der Waals surface area contributed by atoms with Gasteiger partial charge < -0.3 is 0 Å². The lowest BCUT2D eigenvalue weighted by Crippen LogP contribution is -2.16. The van der Waals surface area contributed by atoms with Crippen molar-refractivity contribution >= 4 is 11.8 Å². The molecule has 21 heavy (non-hydrogen) atoms. The molecule has 106 valence electrons. The van der Waals surface area contributed by atoms with Crippen molar-refractivity contribution in [2.75, 3.05) is 0 Å². The molecule has 0 radical (unpaired) electrons. The van der Waals surface area contributed by atoms with Gasteiger partial charge in [0.25, 0.3) is 0 Å². The first-order valence-corrected chi connectivity index (χ1v) is 7.61. The van der Waals surface area contributed by atoms with Crippen molar-refractivity contribution in [1.29, 1.82) is 0 Å². The van der Waals surface area contributed by atoms with E-state index in [0.717, 1.165) is 19.3 Å². The maximum atomic E-state index is 4.99. The zero-order valence-electron chi connectivity index (χ0n) is 12.5. The summed E-state index contributed by atoms with van der Waals surface area (Å²) in [5.74, 6) is 0. The smallest absolute Gasteiger partial charge is 0.0621 e. The monoisotopic (exact) mass is 275 g/mol. The molecule has 0 spiro atoms. The summed E-state index contributed by atoms with van der Waals surface area (Å²) in [5, 5.41) is 0. The second kappa shape index (κ2) is 6.09. The highest BCUT2D eigenvalue weighted by molar-refractivity contribution is 6.02. The number of benzene rings is 2. The molecule has 1 aliphatic heterocycles. The van der Waals surface area contributed by atoms with Gasteiger partial charge in [0.2, 0.25) is 0 Å². The Morgan fingerprint density at radius 3 is 2.38 bits per heavy atom. The van der Waals surface area contributed by atoms with Gasteiger partial charge in [-0.05, 0) is 37.3 Å². The van der Waals surface area contributed by atoms with Crippen LogP contribution in [0.5, 0.6) is 0 Å². The average molecular weight is 275 g/mol. The Balaban J connectivity index is 1.69. The normalized spacial score (nSPS) is 21.7. The van der Waals surface area contributed by atoms with Crippen LogP contribution in [0.25, 0.3) is 6.08 Å². The van der Waals surface area contributed by atoms with E-state index < -0.39 is 0 Å². The lowest BCUT2D eigenvalue weighted by molar-refractivity contribution is 0.478. The summed E-state index contributed by atoms with van der Waals surface area (Å²) in [6.07, 6.45) is 7.67. The van der Waals surface area contributed by atoms with Crippen LogP contribution in [0.2, 0.25) is 0 Å². The van der Waals surface area contributed by atoms with Gasteiger partial charge in [0, 0.05) is 5.71 Å². The van der Waals surface area contributed by atoms with E-state index in [-0.39, 0.29) is 5.54 Å². The summed E-state index contributed by atoms with van der Waals surface area (Å²) in [6.45, 7) is 2.26. The maximum Gasteiger partial charge on any atom is 0.0621 e. The molecule has 1 atom stereocenters. The fraction of sp³-hybridized carbons (Fsp3) is 0.250. The Kier molecular flexibility index (Phi) is 4.01. The zero-order valence-corrected chi connectivity index (χ0v) is 12.5. The summed E-state index contributed by atoms with van der Waals surface area (Å²) < 4.78 is 0. The third-order valence-corrected chi connectivity index (χ3v) is 4.08. The maximum absolute atomic E-state index is 4.99. The average Bonchev–Trinajstić information content (AvgIpc) is 2.92. The fourth-order valence-electron chi connectivity index (χ4n) is 2.83. The standard InChI is InChI=1S/C20H21N/c1-20(15-8-11-17-9-4-2-5-10-17)16-14-19(21-20)18-12-6-3-7-13-18/h2-13H,14-16H2,1H3/b11-8+. The Morgan fingerprint density at radius 2 is 1.67 bits per heavy atom. The van der Waals surface area contributed by atoms with E-state index in [1.54, 1.807) is 0 Å². The first-order chi connectivity index (χ1) is 10.3. The highest BCUT2D eigenvalue weighted by Gasteiger charge is 2.28. The molecule has 0 saturated carbocycles. The van der Waals surface area contributed by atoms with Crippen LogP contribution in [0.3, 0.4) is 0 Å². The molecular weight excluding hydrogens is 254 g/mol.